The molecule has 4 nitrogen and oxygen atoms in total. The number of halogens is 2. The lowest BCUT2D eigenvalue weighted by Crippen LogP contribution is -2.14. The van der Waals surface area contributed by atoms with Gasteiger partial charge in [0.25, 0.3) is 5.91 Å². The molecular formula is C15H13F2NO3. The highest BCUT2D eigenvalue weighted by atomic mass is 19.1. The molecule has 110 valence electrons. The van der Waals surface area contributed by atoms with Gasteiger partial charge in [0.15, 0.2) is 0 Å². The van der Waals surface area contributed by atoms with Gasteiger partial charge in [0.05, 0.1) is 25.5 Å². The maximum absolute atomic E-state index is 13.5. The quantitative estimate of drug-likeness (QED) is 0.941. The molecule has 0 atom stereocenters. The molecule has 21 heavy (non-hydrogen) atoms. The largest absolute Gasteiger partial charge is 0.497 e. The molecular weight excluding hydrogens is 280 g/mol. The smallest absolute Gasteiger partial charge is 0.259 e. The highest BCUT2D eigenvalue weighted by molar-refractivity contribution is 6.06. The predicted molar refractivity (Wildman–Crippen MR) is 73.9 cm³/mol. The van der Waals surface area contributed by atoms with Crippen molar-refractivity contribution in [2.24, 2.45) is 0 Å². The molecule has 0 unspecified atom stereocenters. The minimum atomic E-state index is -0.856. The van der Waals surface area contributed by atoms with Crippen LogP contribution >= 0.6 is 0 Å². The molecule has 6 heteroatoms. The molecule has 1 N–H and O–H groups in total. The van der Waals surface area contributed by atoms with E-state index in [4.69, 9.17) is 9.47 Å². The number of ether oxygens (including phenoxy) is 2. The molecule has 0 aliphatic carbocycles. The van der Waals surface area contributed by atoms with E-state index in [-0.39, 0.29) is 11.3 Å². The minimum Gasteiger partial charge on any atom is -0.497 e. The lowest BCUT2D eigenvalue weighted by atomic mass is 10.1. The van der Waals surface area contributed by atoms with Crippen molar-refractivity contribution in [2.45, 2.75) is 0 Å². The Morgan fingerprint density at radius 1 is 1.05 bits per heavy atom. The third-order valence-electron chi connectivity index (χ3n) is 2.83. The Morgan fingerprint density at radius 3 is 2.43 bits per heavy atom. The Balaban J connectivity index is 2.31. The standard InChI is InChI=1S/C15H13F2NO3/c1-20-10-4-6-14(21-2)11(8-10)15(19)18-13-5-3-9(16)7-12(13)17/h3-8H,1-2H3,(H,18,19). The molecule has 2 aromatic rings. The monoisotopic (exact) mass is 293 g/mol. The molecule has 0 saturated carbocycles. The Morgan fingerprint density at radius 2 is 1.81 bits per heavy atom. The summed E-state index contributed by atoms with van der Waals surface area (Å²) in [6, 6.07) is 7.56. The molecule has 0 radical (unpaired) electrons. The first-order valence-electron chi connectivity index (χ1n) is 6.03. The summed E-state index contributed by atoms with van der Waals surface area (Å²) in [5.74, 6) is -1.39. The third-order valence-corrected chi connectivity index (χ3v) is 2.83. The molecule has 0 fully saturated rings. The van der Waals surface area contributed by atoms with Gasteiger partial charge < -0.3 is 14.8 Å². The van der Waals surface area contributed by atoms with E-state index >= 15 is 0 Å². The minimum absolute atomic E-state index is 0.119. The molecule has 0 aromatic heterocycles. The first-order valence-corrected chi connectivity index (χ1v) is 6.03. The lowest BCUT2D eigenvalue weighted by Gasteiger charge is -2.11. The SMILES string of the molecule is COc1ccc(OC)c(C(=O)Nc2ccc(F)cc2F)c1. The molecule has 0 spiro atoms. The van der Waals surface area contributed by atoms with Gasteiger partial charge in [-0.3, -0.25) is 4.79 Å². The van der Waals surface area contributed by atoms with Gasteiger partial charge in [-0.15, -0.1) is 0 Å². The van der Waals surface area contributed by atoms with Crippen LogP contribution in [0.5, 0.6) is 11.5 Å². The molecule has 0 saturated heterocycles. The van der Waals surface area contributed by atoms with Crippen LogP contribution in [0.2, 0.25) is 0 Å². The first-order chi connectivity index (χ1) is 10.0. The number of amides is 1. The van der Waals surface area contributed by atoms with E-state index in [2.05, 4.69) is 5.32 Å². The Kier molecular flexibility index (Phi) is 4.37. The number of anilines is 1. The number of hydrogen-bond donors (Lipinski definition) is 1. The van der Waals surface area contributed by atoms with Gasteiger partial charge in [-0.05, 0) is 30.3 Å². The molecule has 0 bridgehead atoms. The van der Waals surface area contributed by atoms with Crippen LogP contribution in [-0.2, 0) is 0 Å². The van der Waals surface area contributed by atoms with Crippen LogP contribution in [0, 0.1) is 11.6 Å². The molecule has 0 aliphatic heterocycles. The van der Waals surface area contributed by atoms with Gasteiger partial charge in [-0.25, -0.2) is 8.78 Å². The second-order valence-electron chi connectivity index (χ2n) is 4.14. The van der Waals surface area contributed by atoms with E-state index < -0.39 is 17.5 Å². The van der Waals surface area contributed by atoms with Gasteiger partial charge in [-0.1, -0.05) is 0 Å². The average Bonchev–Trinajstić information content (AvgIpc) is 2.49. The lowest BCUT2D eigenvalue weighted by molar-refractivity contribution is 0.102. The summed E-state index contributed by atoms with van der Waals surface area (Å²) >= 11 is 0. The van der Waals surface area contributed by atoms with Crippen LogP contribution in [0.3, 0.4) is 0 Å². The number of methoxy groups -OCH3 is 2. The van der Waals surface area contributed by atoms with E-state index in [1.54, 1.807) is 12.1 Å². The van der Waals surface area contributed by atoms with Crippen molar-refractivity contribution in [1.82, 2.24) is 0 Å². The summed E-state index contributed by atoms with van der Waals surface area (Å²) in [5.41, 5.74) is 0.0619. The summed E-state index contributed by atoms with van der Waals surface area (Å²) in [6.07, 6.45) is 0. The van der Waals surface area contributed by atoms with Crippen molar-refractivity contribution in [2.75, 3.05) is 19.5 Å². The van der Waals surface area contributed by atoms with Crippen LogP contribution in [0.1, 0.15) is 10.4 Å². The Bertz CT molecular complexity index is 674. The van der Waals surface area contributed by atoms with Crippen LogP contribution in [0.25, 0.3) is 0 Å². The van der Waals surface area contributed by atoms with Gasteiger partial charge in [0.2, 0.25) is 0 Å². The van der Waals surface area contributed by atoms with Gasteiger partial charge in [0, 0.05) is 6.07 Å². The van der Waals surface area contributed by atoms with Crippen LogP contribution in [0.4, 0.5) is 14.5 Å². The van der Waals surface area contributed by atoms with Crippen LogP contribution in [-0.4, -0.2) is 20.1 Å². The van der Waals surface area contributed by atoms with E-state index in [0.29, 0.717) is 17.6 Å². The predicted octanol–water partition coefficient (Wildman–Crippen LogP) is 3.23. The van der Waals surface area contributed by atoms with E-state index in [0.717, 1.165) is 12.1 Å². The zero-order valence-electron chi connectivity index (χ0n) is 11.4. The van der Waals surface area contributed by atoms with Crippen molar-refractivity contribution in [3.8, 4) is 11.5 Å². The van der Waals surface area contributed by atoms with Crippen molar-refractivity contribution in [1.29, 1.82) is 0 Å². The second kappa shape index (κ2) is 6.21. The van der Waals surface area contributed by atoms with Crippen molar-refractivity contribution in [3.05, 3.63) is 53.6 Å². The summed E-state index contributed by atoms with van der Waals surface area (Å²) in [7, 11) is 2.88. The number of benzene rings is 2. The summed E-state index contributed by atoms with van der Waals surface area (Å²) < 4.78 is 36.5. The number of rotatable bonds is 4. The molecule has 0 heterocycles. The number of carbonyl (C=O) groups excluding carboxylic acids is 1. The summed E-state index contributed by atoms with van der Waals surface area (Å²) in [6.45, 7) is 0. The van der Waals surface area contributed by atoms with Gasteiger partial charge in [-0.2, -0.15) is 0 Å². The van der Waals surface area contributed by atoms with Gasteiger partial charge in [0.1, 0.15) is 23.1 Å². The van der Waals surface area contributed by atoms with Crippen LogP contribution in [0.15, 0.2) is 36.4 Å². The van der Waals surface area contributed by atoms with Crippen molar-refractivity contribution >= 4 is 11.6 Å². The van der Waals surface area contributed by atoms with E-state index in [1.807, 2.05) is 0 Å². The van der Waals surface area contributed by atoms with Crippen LogP contribution < -0.4 is 14.8 Å². The summed E-state index contributed by atoms with van der Waals surface area (Å²) in [5, 5.41) is 2.36. The molecule has 1 amide bonds. The zero-order valence-corrected chi connectivity index (χ0v) is 11.4. The highest BCUT2D eigenvalue weighted by Gasteiger charge is 2.15. The summed E-state index contributed by atoms with van der Waals surface area (Å²) in [4.78, 5) is 12.2. The topological polar surface area (TPSA) is 47.6 Å². The van der Waals surface area contributed by atoms with E-state index in [9.17, 15) is 13.6 Å². The van der Waals surface area contributed by atoms with Gasteiger partial charge >= 0.3 is 0 Å². The normalized spacial score (nSPS) is 10.1. The number of carbonyl (C=O) groups is 1. The Labute approximate surface area is 120 Å². The maximum atomic E-state index is 13.5. The third kappa shape index (κ3) is 3.28. The molecule has 2 aromatic carbocycles. The fraction of sp³-hybridized carbons (Fsp3) is 0.133. The van der Waals surface area contributed by atoms with Crippen molar-refractivity contribution < 1.29 is 23.0 Å². The molecule has 0 aliphatic rings. The first kappa shape index (κ1) is 14.8. The maximum Gasteiger partial charge on any atom is 0.259 e. The Hall–Kier alpha value is -2.63. The molecule has 2 rings (SSSR count). The van der Waals surface area contributed by atoms with E-state index in [1.165, 1.54) is 20.3 Å². The second-order valence-corrected chi connectivity index (χ2v) is 4.14. The van der Waals surface area contributed by atoms with Crippen molar-refractivity contribution in [3.63, 3.8) is 0 Å². The number of nitrogens with one attached hydrogen (secondary N) is 1. The fourth-order valence-electron chi connectivity index (χ4n) is 1.77. The highest BCUT2D eigenvalue weighted by Crippen LogP contribution is 2.25. The fourth-order valence-corrected chi connectivity index (χ4v) is 1.77. The number of hydrogen-bond acceptors (Lipinski definition) is 3. The average molecular weight is 293 g/mol. The zero-order chi connectivity index (χ0) is 15.4.